The van der Waals surface area contributed by atoms with Gasteiger partial charge in [-0.1, -0.05) is 84.9 Å². The Morgan fingerprint density at radius 1 is 0.608 bits per heavy atom. The average molecular weight is 654 g/mol. The molecule has 2 atom stereocenters. The number of para-hydroxylation sites is 2. The van der Waals surface area contributed by atoms with Gasteiger partial charge in [-0.3, -0.25) is 0 Å². The van der Waals surface area contributed by atoms with Gasteiger partial charge in [0.2, 0.25) is 11.4 Å². The summed E-state index contributed by atoms with van der Waals surface area (Å²) >= 11 is 0. The predicted octanol–water partition coefficient (Wildman–Crippen LogP) is 10.5. The quantitative estimate of drug-likeness (QED) is 0.156. The van der Waals surface area contributed by atoms with Gasteiger partial charge in [0.1, 0.15) is 0 Å². The van der Waals surface area contributed by atoms with Gasteiger partial charge in [-0.2, -0.15) is 9.13 Å². The molecule has 2 aliphatic heterocycles. The monoisotopic (exact) mass is 653 g/mol. The Labute approximate surface area is 296 Å². The Morgan fingerprint density at radius 3 is 2.29 bits per heavy atom. The summed E-state index contributed by atoms with van der Waals surface area (Å²) in [7, 11) is 0. The Kier molecular flexibility index (Phi) is 5.33. The molecule has 0 radical (unpaired) electrons. The molecule has 0 fully saturated rings. The number of aryl methyl sites for hydroxylation is 2. The Morgan fingerprint density at radius 2 is 1.39 bits per heavy atom. The van der Waals surface area contributed by atoms with Crippen molar-refractivity contribution in [2.45, 2.75) is 38.6 Å². The van der Waals surface area contributed by atoms with Crippen molar-refractivity contribution >= 4 is 43.8 Å². The number of benzene rings is 5. The molecule has 0 amide bonds. The second kappa shape index (κ2) is 9.80. The van der Waals surface area contributed by atoms with E-state index in [9.17, 15) is 0 Å². The van der Waals surface area contributed by atoms with Crippen LogP contribution in [-0.2, 0) is 6.42 Å². The zero-order valence-electron chi connectivity index (χ0n) is 28.7. The van der Waals surface area contributed by atoms with E-state index in [2.05, 4.69) is 167 Å². The molecular formula is C48H35N3+2. The first kappa shape index (κ1) is 27.7. The van der Waals surface area contributed by atoms with Crippen molar-refractivity contribution in [1.29, 1.82) is 0 Å². The fourth-order valence-corrected chi connectivity index (χ4v) is 10.2. The lowest BCUT2D eigenvalue weighted by atomic mass is 9.79. The van der Waals surface area contributed by atoms with Gasteiger partial charge in [-0.15, -0.1) is 0 Å². The molecule has 0 saturated carbocycles. The van der Waals surface area contributed by atoms with E-state index in [1.165, 1.54) is 99.7 Å². The molecule has 3 aliphatic rings. The van der Waals surface area contributed by atoms with Gasteiger partial charge in [0.15, 0.2) is 24.1 Å². The zero-order chi connectivity index (χ0) is 33.5. The molecule has 3 nitrogen and oxygen atoms in total. The molecule has 6 heterocycles. The molecule has 3 heteroatoms. The standard InChI is InChI=1S/C48H35N3/c1-28-19-20-41-32-13-6-7-15-34(32)47-39-22-31-23-45-38(36-17-10-16-35-33-14-8-9-18-42(33)51(45)48(35)36)24-37(31)43-21-29(2)40(30-11-4-3-5-12-30)27-50(43)44(39)25-46(47)49(41)26-28/h3-21,23-24,26-27,46-47H,22,25H2,1-2H3/q+2. The van der Waals surface area contributed by atoms with Gasteiger partial charge in [0.25, 0.3) is 0 Å². The number of fused-ring (bicyclic) bond motifs is 17. The lowest BCUT2D eigenvalue weighted by molar-refractivity contribution is -0.717. The number of allylic oxidation sites excluding steroid dienone is 2. The topological polar surface area (TPSA) is 12.2 Å². The first-order valence-corrected chi connectivity index (χ1v) is 18.3. The molecule has 9 aromatic rings. The van der Waals surface area contributed by atoms with Crippen LogP contribution in [0.5, 0.6) is 0 Å². The van der Waals surface area contributed by atoms with E-state index in [-0.39, 0.29) is 0 Å². The van der Waals surface area contributed by atoms with Crippen molar-refractivity contribution in [2.75, 3.05) is 0 Å². The largest absolute Gasteiger partial charge is 0.308 e. The SMILES string of the molecule is Cc1ccc2[n+](c1)C1CC3=C(Cc4cc5c(cc4-c4cc(C)c(-c6ccccc6)c[n+]43)c3cccc4c6ccccc6n5c43)C1c1ccccc1-2. The van der Waals surface area contributed by atoms with Crippen molar-refractivity contribution in [3.63, 3.8) is 0 Å². The van der Waals surface area contributed by atoms with Crippen LogP contribution in [0.3, 0.4) is 0 Å². The molecule has 0 spiro atoms. The minimum absolute atomic E-state index is 0.299. The molecule has 0 saturated heterocycles. The minimum Gasteiger partial charge on any atom is -0.308 e. The second-order valence-electron chi connectivity index (χ2n) is 15.1. The summed E-state index contributed by atoms with van der Waals surface area (Å²) in [5.41, 5.74) is 20.3. The van der Waals surface area contributed by atoms with E-state index in [4.69, 9.17) is 0 Å². The highest BCUT2D eigenvalue weighted by Gasteiger charge is 2.52. The van der Waals surface area contributed by atoms with Gasteiger partial charge in [-0.25, -0.2) is 0 Å². The van der Waals surface area contributed by atoms with Crippen LogP contribution in [-0.4, -0.2) is 4.40 Å². The molecule has 2 unspecified atom stereocenters. The number of hydrogen-bond acceptors (Lipinski definition) is 0. The van der Waals surface area contributed by atoms with Crippen molar-refractivity contribution in [2.24, 2.45) is 0 Å². The molecule has 0 N–H and O–H groups in total. The Hall–Kier alpha value is -6.06. The molecular weight excluding hydrogens is 619 g/mol. The molecule has 51 heavy (non-hydrogen) atoms. The Bertz CT molecular complexity index is 3000. The highest BCUT2D eigenvalue weighted by Crippen LogP contribution is 2.53. The van der Waals surface area contributed by atoms with Crippen LogP contribution in [0.15, 0.2) is 145 Å². The van der Waals surface area contributed by atoms with Crippen LogP contribution in [0.2, 0.25) is 0 Å². The van der Waals surface area contributed by atoms with Gasteiger partial charge >= 0.3 is 0 Å². The summed E-state index contributed by atoms with van der Waals surface area (Å²) in [6.45, 7) is 4.51. The molecule has 5 aromatic carbocycles. The summed E-state index contributed by atoms with van der Waals surface area (Å²) in [6, 6.07) is 48.4. The summed E-state index contributed by atoms with van der Waals surface area (Å²) in [5, 5.41) is 5.33. The number of rotatable bonds is 1. The van der Waals surface area contributed by atoms with Crippen LogP contribution in [0, 0.1) is 13.8 Å². The van der Waals surface area contributed by atoms with Gasteiger partial charge in [-0.05, 0) is 66.4 Å². The van der Waals surface area contributed by atoms with Crippen molar-refractivity contribution in [3.8, 4) is 33.6 Å². The smallest absolute Gasteiger partial charge is 0.218 e. The normalized spacial score (nSPS) is 17.4. The fraction of sp³-hybridized carbons (Fsp3) is 0.125. The van der Waals surface area contributed by atoms with E-state index >= 15 is 0 Å². The van der Waals surface area contributed by atoms with Crippen molar-refractivity contribution in [3.05, 3.63) is 168 Å². The summed E-state index contributed by atoms with van der Waals surface area (Å²) in [5.74, 6) is 0.299. The highest BCUT2D eigenvalue weighted by molar-refractivity contribution is 6.23. The van der Waals surface area contributed by atoms with Gasteiger partial charge in [0.05, 0.1) is 40.0 Å². The van der Waals surface area contributed by atoms with E-state index < -0.39 is 0 Å². The third-order valence-electron chi connectivity index (χ3n) is 12.4. The van der Waals surface area contributed by atoms with E-state index in [0.29, 0.717) is 12.0 Å². The maximum absolute atomic E-state index is 2.60. The molecule has 4 aromatic heterocycles. The third kappa shape index (κ3) is 3.58. The third-order valence-corrected chi connectivity index (χ3v) is 12.4. The first-order chi connectivity index (χ1) is 25.1. The number of aromatic nitrogens is 3. The van der Waals surface area contributed by atoms with Crippen LogP contribution < -0.4 is 9.13 Å². The van der Waals surface area contributed by atoms with Gasteiger partial charge < -0.3 is 4.40 Å². The minimum atomic E-state index is 0.299. The van der Waals surface area contributed by atoms with Crippen LogP contribution in [0.25, 0.3) is 77.4 Å². The first-order valence-electron chi connectivity index (χ1n) is 18.3. The van der Waals surface area contributed by atoms with E-state index in [1.54, 1.807) is 5.57 Å². The summed E-state index contributed by atoms with van der Waals surface area (Å²) < 4.78 is 7.74. The van der Waals surface area contributed by atoms with Gasteiger partial charge in [0, 0.05) is 56.8 Å². The molecule has 240 valence electrons. The molecule has 12 rings (SSSR count). The van der Waals surface area contributed by atoms with E-state index in [1.807, 2.05) is 0 Å². The molecule has 0 bridgehead atoms. The number of nitrogens with zero attached hydrogens (tertiary/aromatic N) is 3. The lowest BCUT2D eigenvalue weighted by Gasteiger charge is -2.27. The zero-order valence-corrected chi connectivity index (χ0v) is 28.7. The second-order valence-corrected chi connectivity index (χ2v) is 15.1. The summed E-state index contributed by atoms with van der Waals surface area (Å²) in [6.07, 6.45) is 6.77. The maximum Gasteiger partial charge on any atom is 0.218 e. The van der Waals surface area contributed by atoms with Crippen LogP contribution in [0.4, 0.5) is 0 Å². The predicted molar refractivity (Wildman–Crippen MR) is 207 cm³/mol. The number of pyridine rings is 2. The van der Waals surface area contributed by atoms with Crippen LogP contribution >= 0.6 is 0 Å². The average Bonchev–Trinajstić information content (AvgIpc) is 3.80. The highest BCUT2D eigenvalue weighted by atomic mass is 15.1. The van der Waals surface area contributed by atoms with Crippen LogP contribution in [0.1, 0.15) is 40.6 Å². The fourth-order valence-electron chi connectivity index (χ4n) is 10.2. The maximum atomic E-state index is 2.60. The lowest BCUT2D eigenvalue weighted by Crippen LogP contribution is -2.47. The Balaban J connectivity index is 1.18. The molecule has 1 aliphatic carbocycles. The van der Waals surface area contributed by atoms with Crippen molar-refractivity contribution in [1.82, 2.24) is 4.40 Å². The summed E-state index contributed by atoms with van der Waals surface area (Å²) in [4.78, 5) is 0. The number of hydrogen-bond donors (Lipinski definition) is 0. The van der Waals surface area contributed by atoms with Crippen molar-refractivity contribution < 1.29 is 9.13 Å². The van der Waals surface area contributed by atoms with E-state index in [0.717, 1.165) is 12.8 Å².